The lowest BCUT2D eigenvalue weighted by molar-refractivity contribution is -0.142. The highest BCUT2D eigenvalue weighted by Gasteiger charge is 2.37. The Balaban J connectivity index is 1.67. The number of hydrogen-bond acceptors (Lipinski definition) is 4. The van der Waals surface area contributed by atoms with Crippen molar-refractivity contribution in [3.05, 3.63) is 51.6 Å². The van der Waals surface area contributed by atoms with Gasteiger partial charge in [0.2, 0.25) is 0 Å². The summed E-state index contributed by atoms with van der Waals surface area (Å²) >= 11 is 1.48. The molecule has 3 heterocycles. The van der Waals surface area contributed by atoms with Crippen LogP contribution in [0.1, 0.15) is 45.5 Å². The van der Waals surface area contributed by atoms with Gasteiger partial charge in [-0.15, -0.1) is 11.3 Å². The summed E-state index contributed by atoms with van der Waals surface area (Å²) in [5.41, 5.74) is -0.539. The van der Waals surface area contributed by atoms with Crippen LogP contribution in [-0.2, 0) is 12.7 Å². The Hall–Kier alpha value is -2.42. The van der Waals surface area contributed by atoms with Crippen LogP contribution in [0, 0.1) is 0 Å². The quantitative estimate of drug-likeness (QED) is 0.767. The molecular formula is C16H13F3N4OS. The summed E-state index contributed by atoms with van der Waals surface area (Å²) in [6.07, 6.45) is -2.90. The molecule has 9 heteroatoms. The van der Waals surface area contributed by atoms with E-state index >= 15 is 0 Å². The van der Waals surface area contributed by atoms with Gasteiger partial charge in [-0.1, -0.05) is 6.07 Å². The Morgan fingerprint density at radius 2 is 2.16 bits per heavy atom. The zero-order valence-electron chi connectivity index (χ0n) is 12.9. The molecule has 0 bridgehead atoms. The largest absolute Gasteiger partial charge is 0.433 e. The fourth-order valence-corrected chi connectivity index (χ4v) is 3.21. The minimum atomic E-state index is -4.57. The molecule has 0 aliphatic heterocycles. The number of nitrogens with zero attached hydrogens (tertiary/aromatic N) is 3. The summed E-state index contributed by atoms with van der Waals surface area (Å²) in [6.45, 7) is 0.303. The lowest BCUT2D eigenvalue weighted by atomic mass is 10.2. The van der Waals surface area contributed by atoms with Crippen LogP contribution in [0.15, 0.2) is 29.6 Å². The van der Waals surface area contributed by atoms with Gasteiger partial charge >= 0.3 is 6.18 Å². The molecule has 1 amide bonds. The molecule has 3 aromatic rings. The number of amides is 1. The maximum atomic E-state index is 13.3. The van der Waals surface area contributed by atoms with Gasteiger partial charge in [-0.05, 0) is 30.4 Å². The van der Waals surface area contributed by atoms with E-state index in [-0.39, 0.29) is 17.3 Å². The molecule has 5 nitrogen and oxygen atoms in total. The van der Waals surface area contributed by atoms with Gasteiger partial charge in [0.15, 0.2) is 11.3 Å². The summed E-state index contributed by atoms with van der Waals surface area (Å²) in [7, 11) is 0. The second-order valence-electron chi connectivity index (χ2n) is 5.90. The Bertz CT molecular complexity index is 929. The van der Waals surface area contributed by atoms with Gasteiger partial charge in [-0.25, -0.2) is 9.50 Å². The van der Waals surface area contributed by atoms with Gasteiger partial charge in [0.25, 0.3) is 5.91 Å². The summed E-state index contributed by atoms with van der Waals surface area (Å²) in [5.74, 6) is -0.461. The highest BCUT2D eigenvalue weighted by atomic mass is 32.1. The topological polar surface area (TPSA) is 59.3 Å². The number of carbonyl (C=O) groups is 1. The van der Waals surface area contributed by atoms with Crippen molar-refractivity contribution >= 4 is 22.9 Å². The van der Waals surface area contributed by atoms with Gasteiger partial charge in [0.1, 0.15) is 5.69 Å². The number of thiophene rings is 1. The number of halogens is 3. The number of nitrogens with one attached hydrogen (secondary N) is 1. The Kier molecular flexibility index (Phi) is 3.75. The van der Waals surface area contributed by atoms with Crippen LogP contribution in [-0.4, -0.2) is 20.5 Å². The highest BCUT2D eigenvalue weighted by Crippen LogP contribution is 2.41. The van der Waals surface area contributed by atoms with Gasteiger partial charge < -0.3 is 5.32 Å². The van der Waals surface area contributed by atoms with E-state index in [2.05, 4.69) is 15.4 Å². The van der Waals surface area contributed by atoms with Gasteiger partial charge in [0.05, 0.1) is 6.54 Å². The Labute approximate surface area is 144 Å². The molecule has 1 N–H and O–H groups in total. The molecule has 0 radical (unpaired) electrons. The monoisotopic (exact) mass is 366 g/mol. The molecule has 1 fully saturated rings. The third-order valence-corrected chi connectivity index (χ3v) is 4.85. The first-order valence-electron chi connectivity index (χ1n) is 7.70. The van der Waals surface area contributed by atoms with Gasteiger partial charge in [-0.2, -0.15) is 18.3 Å². The zero-order chi connectivity index (χ0) is 17.6. The third-order valence-electron chi connectivity index (χ3n) is 3.97. The molecule has 25 heavy (non-hydrogen) atoms. The molecule has 0 aromatic carbocycles. The fourth-order valence-electron chi connectivity index (χ4n) is 2.57. The Morgan fingerprint density at radius 3 is 2.80 bits per heavy atom. The number of alkyl halides is 3. The van der Waals surface area contributed by atoms with E-state index < -0.39 is 17.8 Å². The minimum Gasteiger partial charge on any atom is -0.346 e. The van der Waals surface area contributed by atoms with E-state index in [1.807, 2.05) is 17.5 Å². The van der Waals surface area contributed by atoms with Crippen LogP contribution < -0.4 is 5.32 Å². The molecule has 4 rings (SSSR count). The standard InChI is InChI=1S/C16H13F3N4OS/c17-16(18,19)13-6-11(9-3-4-9)21-14-7-12(22-23(13)14)15(24)20-8-10-2-1-5-25-10/h1-2,5-7,9H,3-4,8H2,(H,20,24). The van der Waals surface area contributed by atoms with E-state index in [0.29, 0.717) is 16.8 Å². The predicted octanol–water partition coefficient (Wildman–Crippen LogP) is 3.62. The maximum absolute atomic E-state index is 13.3. The number of carbonyl (C=O) groups excluding carboxylic acids is 1. The van der Waals surface area contributed by atoms with Gasteiger partial charge in [0, 0.05) is 22.6 Å². The van der Waals surface area contributed by atoms with Crippen molar-refractivity contribution in [2.24, 2.45) is 0 Å². The minimum absolute atomic E-state index is 0.0398. The normalized spacial score (nSPS) is 14.8. The van der Waals surface area contributed by atoms with E-state index in [1.54, 1.807) is 0 Å². The average molecular weight is 366 g/mol. The second-order valence-corrected chi connectivity index (χ2v) is 6.93. The van der Waals surface area contributed by atoms with Crippen LogP contribution in [0.4, 0.5) is 13.2 Å². The molecule has 0 unspecified atom stereocenters. The lowest BCUT2D eigenvalue weighted by Crippen LogP contribution is -2.23. The first-order valence-corrected chi connectivity index (χ1v) is 8.58. The average Bonchev–Trinajstić information content (AvgIpc) is 3.11. The number of aromatic nitrogens is 3. The van der Waals surface area contributed by atoms with E-state index in [0.717, 1.165) is 23.8 Å². The van der Waals surface area contributed by atoms with E-state index in [1.165, 1.54) is 17.4 Å². The SMILES string of the molecule is O=C(NCc1cccs1)c1cc2nc(C3CC3)cc(C(F)(F)F)n2n1. The van der Waals surface area contributed by atoms with E-state index in [9.17, 15) is 18.0 Å². The van der Waals surface area contributed by atoms with E-state index in [4.69, 9.17) is 0 Å². The second kappa shape index (κ2) is 5.83. The number of rotatable bonds is 4. The molecule has 1 aliphatic rings. The van der Waals surface area contributed by atoms with Crippen molar-refractivity contribution in [2.45, 2.75) is 31.5 Å². The fraction of sp³-hybridized carbons (Fsp3) is 0.312. The number of fused-ring (bicyclic) bond motifs is 1. The van der Waals surface area contributed by atoms with Crippen LogP contribution in [0.3, 0.4) is 0 Å². The summed E-state index contributed by atoms with van der Waals surface area (Å²) in [5, 5.41) is 8.36. The summed E-state index contributed by atoms with van der Waals surface area (Å²) < 4.78 is 40.7. The van der Waals surface area contributed by atoms with Crippen LogP contribution in [0.5, 0.6) is 0 Å². The smallest absolute Gasteiger partial charge is 0.346 e. The molecule has 0 saturated heterocycles. The molecular weight excluding hydrogens is 353 g/mol. The van der Waals surface area contributed by atoms with Crippen molar-refractivity contribution in [3.63, 3.8) is 0 Å². The van der Waals surface area contributed by atoms with Crippen LogP contribution in [0.25, 0.3) is 5.65 Å². The van der Waals surface area contributed by atoms with Crippen molar-refractivity contribution < 1.29 is 18.0 Å². The van der Waals surface area contributed by atoms with Crippen molar-refractivity contribution in [2.75, 3.05) is 0 Å². The summed E-state index contributed by atoms with van der Waals surface area (Å²) in [6, 6.07) is 6.05. The summed E-state index contributed by atoms with van der Waals surface area (Å²) in [4.78, 5) is 17.4. The first-order chi connectivity index (χ1) is 11.9. The van der Waals surface area contributed by atoms with Crippen molar-refractivity contribution in [3.8, 4) is 0 Å². The van der Waals surface area contributed by atoms with Crippen LogP contribution in [0.2, 0.25) is 0 Å². The number of hydrogen-bond donors (Lipinski definition) is 1. The predicted molar refractivity (Wildman–Crippen MR) is 85.5 cm³/mol. The lowest BCUT2D eigenvalue weighted by Gasteiger charge is -2.10. The molecule has 130 valence electrons. The van der Waals surface area contributed by atoms with Crippen molar-refractivity contribution in [1.29, 1.82) is 0 Å². The first kappa shape index (κ1) is 16.1. The molecule has 1 saturated carbocycles. The molecule has 3 aromatic heterocycles. The van der Waals surface area contributed by atoms with Crippen LogP contribution >= 0.6 is 11.3 Å². The third kappa shape index (κ3) is 3.23. The molecule has 0 atom stereocenters. The Morgan fingerprint density at radius 1 is 1.36 bits per heavy atom. The molecule has 1 aliphatic carbocycles. The zero-order valence-corrected chi connectivity index (χ0v) is 13.7. The molecule has 0 spiro atoms. The highest BCUT2D eigenvalue weighted by molar-refractivity contribution is 7.09. The van der Waals surface area contributed by atoms with Crippen molar-refractivity contribution in [1.82, 2.24) is 19.9 Å². The maximum Gasteiger partial charge on any atom is 0.433 e. The van der Waals surface area contributed by atoms with Gasteiger partial charge in [-0.3, -0.25) is 4.79 Å².